The first-order valence-electron chi connectivity index (χ1n) is 10.7. The first-order valence-corrected chi connectivity index (χ1v) is 10.7. The van der Waals surface area contributed by atoms with Crippen molar-refractivity contribution in [3.05, 3.63) is 42.0 Å². The van der Waals surface area contributed by atoms with Gasteiger partial charge in [-0.05, 0) is 37.3 Å². The van der Waals surface area contributed by atoms with Gasteiger partial charge in [0.1, 0.15) is 11.5 Å². The maximum atomic E-state index is 12.8. The molecule has 1 unspecified atom stereocenters. The summed E-state index contributed by atoms with van der Waals surface area (Å²) in [7, 11) is 6.51. The molecule has 0 aliphatic carbocycles. The van der Waals surface area contributed by atoms with Gasteiger partial charge >= 0.3 is 0 Å². The molecule has 1 saturated heterocycles. The number of carbonyl (C=O) groups excluding carboxylic acids is 1. The topological polar surface area (TPSA) is 72.5 Å². The minimum Gasteiger partial charge on any atom is -0.497 e. The van der Waals surface area contributed by atoms with Crippen LogP contribution in [-0.4, -0.2) is 76.4 Å². The zero-order valence-corrected chi connectivity index (χ0v) is 19.5. The normalized spacial score (nSPS) is 15.7. The SMILES string of the molecule is COc1ccc(OC)c(CN2CCN(C(C)C(=O)Nc3ccc(OC)c(OC)c3)CC2)c1. The molecule has 1 aliphatic rings. The van der Waals surface area contributed by atoms with E-state index in [-0.39, 0.29) is 11.9 Å². The van der Waals surface area contributed by atoms with Gasteiger partial charge < -0.3 is 24.3 Å². The van der Waals surface area contributed by atoms with Crippen LogP contribution in [0.5, 0.6) is 23.0 Å². The molecule has 0 saturated carbocycles. The Balaban J connectivity index is 1.55. The molecule has 1 fully saturated rings. The van der Waals surface area contributed by atoms with Crippen LogP contribution in [0.15, 0.2) is 36.4 Å². The summed E-state index contributed by atoms with van der Waals surface area (Å²) in [6, 6.07) is 11.0. The molecule has 0 radical (unpaired) electrons. The van der Waals surface area contributed by atoms with Crippen molar-refractivity contribution in [2.24, 2.45) is 0 Å². The Morgan fingerprint density at radius 3 is 2.16 bits per heavy atom. The van der Waals surface area contributed by atoms with Gasteiger partial charge in [0.15, 0.2) is 11.5 Å². The first-order chi connectivity index (χ1) is 15.5. The Labute approximate surface area is 190 Å². The second-order valence-electron chi connectivity index (χ2n) is 7.72. The molecule has 1 heterocycles. The van der Waals surface area contributed by atoms with Crippen LogP contribution >= 0.6 is 0 Å². The molecule has 1 amide bonds. The van der Waals surface area contributed by atoms with E-state index < -0.39 is 0 Å². The van der Waals surface area contributed by atoms with Crippen molar-refractivity contribution >= 4 is 11.6 Å². The molecule has 8 heteroatoms. The summed E-state index contributed by atoms with van der Waals surface area (Å²) in [6.45, 7) is 6.08. The van der Waals surface area contributed by atoms with E-state index in [0.29, 0.717) is 17.2 Å². The third kappa shape index (κ3) is 5.63. The van der Waals surface area contributed by atoms with E-state index >= 15 is 0 Å². The van der Waals surface area contributed by atoms with E-state index in [1.165, 1.54) is 0 Å². The summed E-state index contributed by atoms with van der Waals surface area (Å²) in [5, 5.41) is 2.98. The van der Waals surface area contributed by atoms with Crippen LogP contribution in [0, 0.1) is 0 Å². The summed E-state index contributed by atoms with van der Waals surface area (Å²) in [4.78, 5) is 17.4. The quantitative estimate of drug-likeness (QED) is 0.639. The van der Waals surface area contributed by atoms with Gasteiger partial charge in [-0.1, -0.05) is 0 Å². The summed E-state index contributed by atoms with van der Waals surface area (Å²) in [5.74, 6) is 2.85. The van der Waals surface area contributed by atoms with Crippen molar-refractivity contribution in [1.82, 2.24) is 9.80 Å². The van der Waals surface area contributed by atoms with Gasteiger partial charge in [-0.2, -0.15) is 0 Å². The van der Waals surface area contributed by atoms with Crippen molar-refractivity contribution in [2.75, 3.05) is 59.9 Å². The fourth-order valence-electron chi connectivity index (χ4n) is 3.88. The number of ether oxygens (including phenoxy) is 4. The minimum absolute atomic E-state index is 0.0415. The number of amides is 1. The van der Waals surface area contributed by atoms with Crippen LogP contribution in [0.1, 0.15) is 12.5 Å². The third-order valence-corrected chi connectivity index (χ3v) is 5.87. The van der Waals surface area contributed by atoms with Gasteiger partial charge in [-0.25, -0.2) is 0 Å². The maximum Gasteiger partial charge on any atom is 0.241 e. The lowest BCUT2D eigenvalue weighted by Crippen LogP contribution is -2.52. The molecule has 1 N–H and O–H groups in total. The molecular weight excluding hydrogens is 410 g/mol. The number of rotatable bonds is 9. The molecule has 2 aromatic carbocycles. The smallest absolute Gasteiger partial charge is 0.241 e. The predicted octanol–water partition coefficient (Wildman–Crippen LogP) is 2.87. The van der Waals surface area contributed by atoms with E-state index in [1.807, 2.05) is 31.2 Å². The van der Waals surface area contributed by atoms with Gasteiger partial charge in [0.05, 0.1) is 34.5 Å². The lowest BCUT2D eigenvalue weighted by atomic mass is 10.1. The van der Waals surface area contributed by atoms with Gasteiger partial charge in [0, 0.05) is 50.0 Å². The number of nitrogens with zero attached hydrogens (tertiary/aromatic N) is 2. The van der Waals surface area contributed by atoms with Crippen LogP contribution in [0.3, 0.4) is 0 Å². The number of anilines is 1. The monoisotopic (exact) mass is 443 g/mol. The summed E-state index contributed by atoms with van der Waals surface area (Å²) in [6.07, 6.45) is 0. The molecule has 0 spiro atoms. The number of carbonyl (C=O) groups is 1. The standard InChI is InChI=1S/C24H33N3O5/c1-17(24(28)25-19-6-8-22(31-4)23(15-19)32-5)27-12-10-26(11-13-27)16-18-14-20(29-2)7-9-21(18)30-3/h6-9,14-15,17H,10-13,16H2,1-5H3,(H,25,28). The Morgan fingerprint density at radius 2 is 1.53 bits per heavy atom. The Kier molecular flexibility index (Phi) is 8.19. The molecule has 32 heavy (non-hydrogen) atoms. The highest BCUT2D eigenvalue weighted by atomic mass is 16.5. The van der Waals surface area contributed by atoms with Gasteiger partial charge in [-0.15, -0.1) is 0 Å². The summed E-state index contributed by atoms with van der Waals surface area (Å²) in [5.41, 5.74) is 1.78. The minimum atomic E-state index is -0.239. The molecule has 8 nitrogen and oxygen atoms in total. The molecular formula is C24H33N3O5. The van der Waals surface area contributed by atoms with Crippen LogP contribution in [0.4, 0.5) is 5.69 Å². The van der Waals surface area contributed by atoms with Gasteiger partial charge in [0.25, 0.3) is 0 Å². The average Bonchev–Trinajstić information content (AvgIpc) is 2.83. The fraction of sp³-hybridized carbons (Fsp3) is 0.458. The van der Waals surface area contributed by atoms with E-state index in [2.05, 4.69) is 15.1 Å². The van der Waals surface area contributed by atoms with Gasteiger partial charge in [0.2, 0.25) is 5.91 Å². The number of nitrogens with one attached hydrogen (secondary N) is 1. The maximum absolute atomic E-state index is 12.8. The highest BCUT2D eigenvalue weighted by Crippen LogP contribution is 2.30. The largest absolute Gasteiger partial charge is 0.497 e. The van der Waals surface area contributed by atoms with E-state index in [4.69, 9.17) is 18.9 Å². The zero-order chi connectivity index (χ0) is 23.1. The molecule has 1 atom stereocenters. The highest BCUT2D eigenvalue weighted by Gasteiger charge is 2.26. The lowest BCUT2D eigenvalue weighted by molar-refractivity contribution is -0.121. The van der Waals surface area contributed by atoms with E-state index in [0.717, 1.165) is 49.8 Å². The number of piperazine rings is 1. The second-order valence-corrected chi connectivity index (χ2v) is 7.72. The highest BCUT2D eigenvalue weighted by molar-refractivity contribution is 5.94. The van der Waals surface area contributed by atoms with Gasteiger partial charge in [-0.3, -0.25) is 14.6 Å². The average molecular weight is 444 g/mol. The van der Waals surface area contributed by atoms with Crippen molar-refractivity contribution in [3.63, 3.8) is 0 Å². The van der Waals surface area contributed by atoms with Crippen molar-refractivity contribution in [2.45, 2.75) is 19.5 Å². The fourth-order valence-corrected chi connectivity index (χ4v) is 3.88. The molecule has 2 aromatic rings. The Morgan fingerprint density at radius 1 is 0.875 bits per heavy atom. The molecule has 0 aromatic heterocycles. The number of hydrogen-bond donors (Lipinski definition) is 1. The number of methoxy groups -OCH3 is 4. The lowest BCUT2D eigenvalue weighted by Gasteiger charge is -2.37. The van der Waals surface area contributed by atoms with Crippen molar-refractivity contribution in [3.8, 4) is 23.0 Å². The molecule has 0 bridgehead atoms. The first kappa shape index (κ1) is 23.7. The number of benzene rings is 2. The van der Waals surface area contributed by atoms with E-state index in [1.54, 1.807) is 40.6 Å². The van der Waals surface area contributed by atoms with Crippen LogP contribution < -0.4 is 24.3 Å². The second kappa shape index (κ2) is 11.1. The van der Waals surface area contributed by atoms with Crippen LogP contribution in [0.25, 0.3) is 0 Å². The Hall–Kier alpha value is -2.97. The van der Waals surface area contributed by atoms with Crippen molar-refractivity contribution < 1.29 is 23.7 Å². The molecule has 3 rings (SSSR count). The van der Waals surface area contributed by atoms with Crippen LogP contribution in [-0.2, 0) is 11.3 Å². The van der Waals surface area contributed by atoms with E-state index in [9.17, 15) is 4.79 Å². The Bertz CT molecular complexity index is 913. The zero-order valence-electron chi connectivity index (χ0n) is 19.5. The molecule has 174 valence electrons. The number of hydrogen-bond acceptors (Lipinski definition) is 7. The third-order valence-electron chi connectivity index (χ3n) is 5.87. The summed E-state index contributed by atoms with van der Waals surface area (Å²) < 4.78 is 21.4. The molecule has 1 aliphatic heterocycles. The van der Waals surface area contributed by atoms with Crippen LogP contribution in [0.2, 0.25) is 0 Å². The van der Waals surface area contributed by atoms with Crippen molar-refractivity contribution in [1.29, 1.82) is 0 Å². The predicted molar refractivity (Wildman–Crippen MR) is 124 cm³/mol. The summed E-state index contributed by atoms with van der Waals surface area (Å²) >= 11 is 0.